The highest BCUT2D eigenvalue weighted by Gasteiger charge is 2.32. The first-order valence-electron chi connectivity index (χ1n) is 7.34. The molecule has 18 heavy (non-hydrogen) atoms. The first-order valence-corrected chi connectivity index (χ1v) is 5.79. The van der Waals surface area contributed by atoms with E-state index in [0.717, 1.165) is 0 Å². The maximum atomic E-state index is 11.6. The van der Waals surface area contributed by atoms with Crippen molar-refractivity contribution in [3.05, 3.63) is 0 Å². The second-order valence-corrected chi connectivity index (χ2v) is 4.60. The first kappa shape index (κ1) is 11.1. The zero-order chi connectivity index (χ0) is 17.8. The van der Waals surface area contributed by atoms with E-state index in [1.54, 1.807) is 0 Å². The van der Waals surface area contributed by atoms with E-state index in [1.807, 2.05) is 5.32 Å². The molecule has 4 N–H and O–H groups in total. The minimum absolute atomic E-state index is 0.172. The molecule has 0 aliphatic heterocycles. The molecule has 0 aliphatic carbocycles. The third-order valence-electron chi connectivity index (χ3n) is 2.31. The number of thiol groups is 1. The highest BCUT2D eigenvalue weighted by atomic mass is 32.1. The fourth-order valence-corrected chi connectivity index (χ4v) is 1.05. The molecule has 6 nitrogen and oxygen atoms in total. The Morgan fingerprint density at radius 3 is 2.56 bits per heavy atom. The van der Waals surface area contributed by atoms with Gasteiger partial charge in [-0.3, -0.25) is 9.59 Å². The van der Waals surface area contributed by atoms with Gasteiger partial charge in [0.05, 0.1) is 6.61 Å². The van der Waals surface area contributed by atoms with Crippen LogP contribution in [0.2, 0.25) is 0 Å². The lowest BCUT2D eigenvalue weighted by atomic mass is 9.87. The predicted octanol–water partition coefficient (Wildman–Crippen LogP) is -1.08. The summed E-state index contributed by atoms with van der Waals surface area (Å²) in [6, 6.07) is 0. The molecule has 0 saturated heterocycles. The molecule has 0 aliphatic rings. The van der Waals surface area contributed by atoms with E-state index in [-0.39, 0.29) is 13.0 Å². The summed E-state index contributed by atoms with van der Waals surface area (Å²) in [5.74, 6) is -1.58. The molecule has 0 aromatic rings. The number of hydrogen-bond donors (Lipinski definition) is 5. The quantitative estimate of drug-likeness (QED) is 0.366. The van der Waals surface area contributed by atoms with E-state index in [9.17, 15) is 14.7 Å². The van der Waals surface area contributed by atoms with Crippen molar-refractivity contribution in [1.82, 2.24) is 10.6 Å². The van der Waals surface area contributed by atoms with Gasteiger partial charge >= 0.3 is 0 Å². The number of hydrogen-bond acceptors (Lipinski definition) is 5. The summed E-state index contributed by atoms with van der Waals surface area (Å²) in [5, 5.41) is 22.9. The average Bonchev–Trinajstić information content (AvgIpc) is 2.35. The molecular formula is C11H22N2O4S. The number of aliphatic hydroxyl groups is 2. The van der Waals surface area contributed by atoms with Crippen LogP contribution in [-0.4, -0.2) is 53.5 Å². The summed E-state index contributed by atoms with van der Waals surface area (Å²) in [4.78, 5) is 23.1. The van der Waals surface area contributed by atoms with Crippen LogP contribution < -0.4 is 10.6 Å². The van der Waals surface area contributed by atoms with Crippen LogP contribution in [0.5, 0.6) is 0 Å². The van der Waals surface area contributed by atoms with Gasteiger partial charge in [0.25, 0.3) is 0 Å². The van der Waals surface area contributed by atoms with E-state index >= 15 is 0 Å². The van der Waals surface area contributed by atoms with Crippen LogP contribution in [0.15, 0.2) is 0 Å². The van der Waals surface area contributed by atoms with Crippen molar-refractivity contribution in [2.24, 2.45) is 5.41 Å². The third-order valence-corrected chi connectivity index (χ3v) is 2.42. The van der Waals surface area contributed by atoms with Gasteiger partial charge in [0, 0.05) is 36.1 Å². The molecule has 0 spiro atoms. The van der Waals surface area contributed by atoms with E-state index in [0.29, 0.717) is 0 Å². The SMILES string of the molecule is [2H]C([2H])(S)C([2H])([2H])NC(=O)CCNC(=O)[C@H](O)C(C)(C)CO. The van der Waals surface area contributed by atoms with Crippen molar-refractivity contribution in [1.29, 1.82) is 0 Å². The summed E-state index contributed by atoms with van der Waals surface area (Å²) in [6.45, 7) is -0.260. The Labute approximate surface area is 118 Å². The zero-order valence-electron chi connectivity index (χ0n) is 14.4. The predicted molar refractivity (Wildman–Crippen MR) is 71.4 cm³/mol. The molecule has 0 saturated carbocycles. The Morgan fingerprint density at radius 1 is 1.44 bits per heavy atom. The Morgan fingerprint density at radius 2 is 2.06 bits per heavy atom. The lowest BCUT2D eigenvalue weighted by Crippen LogP contribution is -2.46. The second-order valence-electron chi connectivity index (χ2n) is 4.38. The van der Waals surface area contributed by atoms with Crippen LogP contribution in [0.4, 0.5) is 0 Å². The van der Waals surface area contributed by atoms with Gasteiger partial charge < -0.3 is 20.8 Å². The molecule has 0 fully saturated rings. The summed E-state index contributed by atoms with van der Waals surface area (Å²) >= 11 is 3.42. The molecule has 0 bridgehead atoms. The monoisotopic (exact) mass is 282 g/mol. The molecule has 0 rings (SSSR count). The molecular weight excluding hydrogens is 256 g/mol. The van der Waals surface area contributed by atoms with Crippen LogP contribution in [0.3, 0.4) is 0 Å². The molecule has 0 unspecified atom stereocenters. The van der Waals surface area contributed by atoms with Gasteiger partial charge in [-0.25, -0.2) is 0 Å². The van der Waals surface area contributed by atoms with Crippen molar-refractivity contribution in [3.8, 4) is 0 Å². The van der Waals surface area contributed by atoms with E-state index in [1.165, 1.54) is 13.8 Å². The number of carbonyl (C=O) groups is 2. The van der Waals surface area contributed by atoms with Crippen molar-refractivity contribution in [2.75, 3.05) is 25.4 Å². The number of aliphatic hydroxyl groups excluding tert-OH is 2. The van der Waals surface area contributed by atoms with Gasteiger partial charge in [-0.05, 0) is 0 Å². The Hall–Kier alpha value is -0.790. The Kier molecular flexibility index (Phi) is 5.13. The topological polar surface area (TPSA) is 98.7 Å². The average molecular weight is 282 g/mol. The van der Waals surface area contributed by atoms with Crippen molar-refractivity contribution in [2.45, 2.75) is 26.4 Å². The van der Waals surface area contributed by atoms with Crippen LogP contribution in [0, 0.1) is 5.41 Å². The van der Waals surface area contributed by atoms with Gasteiger partial charge in [0.2, 0.25) is 11.8 Å². The maximum absolute atomic E-state index is 11.6. The number of carbonyl (C=O) groups excluding carboxylic acids is 2. The molecule has 1 atom stereocenters. The van der Waals surface area contributed by atoms with E-state index < -0.39 is 42.1 Å². The largest absolute Gasteiger partial charge is 0.396 e. The Balaban J connectivity index is 4.33. The fraction of sp³-hybridized carbons (Fsp3) is 0.818. The highest BCUT2D eigenvalue weighted by Crippen LogP contribution is 2.19. The zero-order valence-corrected chi connectivity index (χ0v) is 11.3. The van der Waals surface area contributed by atoms with Crippen LogP contribution in [-0.2, 0) is 9.59 Å². The van der Waals surface area contributed by atoms with E-state index in [4.69, 9.17) is 10.6 Å². The summed E-state index contributed by atoms with van der Waals surface area (Å²) in [6.07, 6.45) is -1.76. The minimum Gasteiger partial charge on any atom is -0.396 e. The van der Waals surface area contributed by atoms with Gasteiger partial charge in [-0.2, -0.15) is 12.6 Å². The van der Waals surface area contributed by atoms with Crippen molar-refractivity contribution in [3.63, 3.8) is 0 Å². The molecule has 0 aromatic heterocycles. The summed E-state index contributed by atoms with van der Waals surface area (Å²) < 4.78 is 28.9. The smallest absolute Gasteiger partial charge is 0.249 e. The number of nitrogens with one attached hydrogen (secondary N) is 2. The van der Waals surface area contributed by atoms with Crippen LogP contribution >= 0.6 is 12.6 Å². The van der Waals surface area contributed by atoms with Gasteiger partial charge in [-0.15, -0.1) is 0 Å². The first-order chi connectivity index (χ1) is 9.74. The molecule has 106 valence electrons. The standard InChI is InChI=1S/C11H22N2O4S/c1-11(2,7-14)9(16)10(17)13-4-3-8(15)12-5-6-18/h9,14,16,18H,3-7H2,1-2H3,(H,12,15)(H,13,17)/t9-/m0/s1/i5D2,6D2. The summed E-state index contributed by atoms with van der Waals surface area (Å²) in [5.41, 5.74) is -3.60. The molecule has 2 amide bonds. The molecule has 0 aromatic carbocycles. The van der Waals surface area contributed by atoms with Crippen LogP contribution in [0.25, 0.3) is 0 Å². The number of amides is 2. The van der Waals surface area contributed by atoms with Crippen molar-refractivity contribution < 1.29 is 25.3 Å². The lowest BCUT2D eigenvalue weighted by molar-refractivity contribution is -0.137. The minimum atomic E-state index is -2.67. The highest BCUT2D eigenvalue weighted by molar-refractivity contribution is 7.80. The van der Waals surface area contributed by atoms with Crippen LogP contribution in [0.1, 0.15) is 25.8 Å². The van der Waals surface area contributed by atoms with Gasteiger partial charge in [0.15, 0.2) is 0 Å². The number of rotatable bonds is 8. The second kappa shape index (κ2) is 8.34. The Bertz CT molecular complexity index is 415. The van der Waals surface area contributed by atoms with Crippen molar-refractivity contribution >= 4 is 24.4 Å². The lowest BCUT2D eigenvalue weighted by Gasteiger charge is -2.27. The van der Waals surface area contributed by atoms with E-state index in [2.05, 4.69) is 17.9 Å². The normalized spacial score (nSPS) is 17.8. The molecule has 7 heteroatoms. The molecule has 0 heterocycles. The van der Waals surface area contributed by atoms with Gasteiger partial charge in [-0.1, -0.05) is 13.8 Å². The molecule has 0 radical (unpaired) electrons. The summed E-state index contributed by atoms with van der Waals surface area (Å²) in [7, 11) is 0. The fourth-order valence-electron chi connectivity index (χ4n) is 0.997. The van der Waals surface area contributed by atoms with Gasteiger partial charge in [0.1, 0.15) is 6.10 Å². The third kappa shape index (κ3) is 6.23. The maximum Gasteiger partial charge on any atom is 0.249 e.